The SMILES string of the molecule is O=C(NOC1CCCCO1)c1ccc(C2=NOC(O)C2C(F)(F)F)s1. The predicted molar refractivity (Wildman–Crippen MR) is 79.6 cm³/mol. The number of hydroxylamine groups is 1. The van der Waals surface area contributed by atoms with Gasteiger partial charge in [-0.15, -0.1) is 11.3 Å². The zero-order chi connectivity index (χ0) is 18.0. The van der Waals surface area contributed by atoms with Crippen LogP contribution in [0.1, 0.15) is 33.8 Å². The first kappa shape index (κ1) is 18.1. The van der Waals surface area contributed by atoms with Crippen LogP contribution in [-0.2, 0) is 14.4 Å². The van der Waals surface area contributed by atoms with Crippen molar-refractivity contribution in [2.45, 2.75) is 38.0 Å². The van der Waals surface area contributed by atoms with Gasteiger partial charge in [0, 0.05) is 13.0 Å². The van der Waals surface area contributed by atoms with Crippen molar-refractivity contribution in [2.75, 3.05) is 6.61 Å². The van der Waals surface area contributed by atoms with Gasteiger partial charge in [0.2, 0.25) is 6.29 Å². The fourth-order valence-corrected chi connectivity index (χ4v) is 3.36. The summed E-state index contributed by atoms with van der Waals surface area (Å²) in [6.07, 6.45) is -4.85. The number of halogens is 3. The van der Waals surface area contributed by atoms with Gasteiger partial charge in [-0.1, -0.05) is 5.16 Å². The topological polar surface area (TPSA) is 89.4 Å². The number of thiophene rings is 1. The number of amides is 1. The summed E-state index contributed by atoms with van der Waals surface area (Å²) in [5, 5.41) is 12.6. The van der Waals surface area contributed by atoms with E-state index in [-0.39, 0.29) is 9.75 Å². The number of hydrogen-bond donors (Lipinski definition) is 2. The van der Waals surface area contributed by atoms with Gasteiger partial charge in [-0.3, -0.25) is 4.79 Å². The van der Waals surface area contributed by atoms with Gasteiger partial charge in [0.05, 0.1) is 9.75 Å². The van der Waals surface area contributed by atoms with Crippen LogP contribution in [0.2, 0.25) is 0 Å². The molecule has 0 aromatic carbocycles. The van der Waals surface area contributed by atoms with Gasteiger partial charge < -0.3 is 14.7 Å². The van der Waals surface area contributed by atoms with E-state index in [1.54, 1.807) is 0 Å². The molecule has 2 aliphatic heterocycles. The predicted octanol–water partition coefficient (Wildman–Crippen LogP) is 2.17. The van der Waals surface area contributed by atoms with E-state index in [1.165, 1.54) is 12.1 Å². The molecule has 1 saturated heterocycles. The summed E-state index contributed by atoms with van der Waals surface area (Å²) >= 11 is 0.792. The van der Waals surface area contributed by atoms with Crippen LogP contribution >= 0.6 is 11.3 Å². The van der Waals surface area contributed by atoms with E-state index >= 15 is 0 Å². The highest BCUT2D eigenvalue weighted by molar-refractivity contribution is 7.16. The normalized spacial score (nSPS) is 26.9. The molecule has 0 bridgehead atoms. The second-order valence-corrected chi connectivity index (χ2v) is 6.58. The van der Waals surface area contributed by atoms with Crippen molar-refractivity contribution in [1.82, 2.24) is 5.48 Å². The molecule has 2 aliphatic rings. The quantitative estimate of drug-likeness (QED) is 0.782. The fraction of sp³-hybridized carbons (Fsp3) is 0.571. The summed E-state index contributed by atoms with van der Waals surface area (Å²) in [6.45, 7) is 0.546. The third-order valence-electron chi connectivity index (χ3n) is 3.69. The van der Waals surface area contributed by atoms with Crippen LogP contribution in [0.4, 0.5) is 13.2 Å². The van der Waals surface area contributed by atoms with Crippen molar-refractivity contribution < 1.29 is 37.5 Å². The van der Waals surface area contributed by atoms with Gasteiger partial charge >= 0.3 is 6.18 Å². The molecule has 3 atom stereocenters. The first-order chi connectivity index (χ1) is 11.9. The van der Waals surface area contributed by atoms with Crippen LogP contribution in [0.25, 0.3) is 0 Å². The monoisotopic (exact) mass is 380 g/mol. The third-order valence-corrected chi connectivity index (χ3v) is 4.80. The lowest BCUT2D eigenvalue weighted by molar-refractivity contribution is -0.217. The van der Waals surface area contributed by atoms with Gasteiger partial charge in [-0.05, 0) is 25.0 Å². The van der Waals surface area contributed by atoms with E-state index in [0.29, 0.717) is 13.0 Å². The standard InChI is InChI=1S/C14H15F3N2O5S/c15-14(16,17)10-11(18-24-13(10)21)7-4-5-8(25-7)12(20)19-23-9-3-1-2-6-22-9/h4-5,9-10,13,21H,1-3,6H2,(H,19,20). The number of oxime groups is 1. The molecule has 3 rings (SSSR count). The molecule has 0 spiro atoms. The van der Waals surface area contributed by atoms with Crippen molar-refractivity contribution in [3.05, 3.63) is 21.9 Å². The summed E-state index contributed by atoms with van der Waals surface area (Å²) in [4.78, 5) is 21.7. The minimum absolute atomic E-state index is 0.0814. The number of aliphatic hydroxyl groups excluding tert-OH is 1. The molecule has 3 heterocycles. The summed E-state index contributed by atoms with van der Waals surface area (Å²) in [7, 11) is 0. The Morgan fingerprint density at radius 3 is 2.88 bits per heavy atom. The van der Waals surface area contributed by atoms with Crippen LogP contribution in [0, 0.1) is 5.92 Å². The van der Waals surface area contributed by atoms with Crippen molar-refractivity contribution in [3.63, 3.8) is 0 Å². The largest absolute Gasteiger partial charge is 0.403 e. The lowest BCUT2D eigenvalue weighted by Crippen LogP contribution is -2.36. The zero-order valence-corrected chi connectivity index (χ0v) is 13.6. The van der Waals surface area contributed by atoms with Gasteiger partial charge in [0.15, 0.2) is 12.2 Å². The van der Waals surface area contributed by atoms with Crippen LogP contribution in [-0.4, -0.2) is 42.1 Å². The first-order valence-electron chi connectivity index (χ1n) is 7.52. The van der Waals surface area contributed by atoms with E-state index in [4.69, 9.17) is 9.57 Å². The zero-order valence-electron chi connectivity index (χ0n) is 12.8. The second-order valence-electron chi connectivity index (χ2n) is 5.50. The number of rotatable bonds is 4. The maximum atomic E-state index is 13.0. The number of carbonyl (C=O) groups is 1. The van der Waals surface area contributed by atoms with Crippen molar-refractivity contribution in [2.24, 2.45) is 11.1 Å². The fourth-order valence-electron chi connectivity index (χ4n) is 2.45. The molecular formula is C14H15F3N2O5S. The Morgan fingerprint density at radius 2 is 2.20 bits per heavy atom. The van der Waals surface area contributed by atoms with E-state index in [0.717, 1.165) is 24.2 Å². The van der Waals surface area contributed by atoms with E-state index < -0.39 is 36.3 Å². The number of alkyl halides is 3. The lowest BCUT2D eigenvalue weighted by atomic mass is 10.0. The average molecular weight is 380 g/mol. The summed E-state index contributed by atoms with van der Waals surface area (Å²) < 4.78 is 44.3. The Labute approximate surface area is 144 Å². The van der Waals surface area contributed by atoms with E-state index in [1.807, 2.05) is 0 Å². The average Bonchev–Trinajstić information content (AvgIpc) is 3.19. The molecule has 138 valence electrons. The van der Waals surface area contributed by atoms with Crippen LogP contribution in [0.15, 0.2) is 17.3 Å². The lowest BCUT2D eigenvalue weighted by Gasteiger charge is -2.21. The second kappa shape index (κ2) is 7.28. The van der Waals surface area contributed by atoms with Crippen LogP contribution in [0.5, 0.6) is 0 Å². The number of hydrogen-bond acceptors (Lipinski definition) is 7. The molecule has 25 heavy (non-hydrogen) atoms. The first-order valence-corrected chi connectivity index (χ1v) is 8.34. The molecular weight excluding hydrogens is 365 g/mol. The maximum Gasteiger partial charge on any atom is 0.403 e. The smallest absolute Gasteiger partial charge is 0.362 e. The molecule has 1 amide bonds. The summed E-state index contributed by atoms with van der Waals surface area (Å²) in [5.41, 5.74) is 1.77. The Bertz CT molecular complexity index is 657. The Morgan fingerprint density at radius 1 is 1.40 bits per heavy atom. The molecule has 0 saturated carbocycles. The third kappa shape index (κ3) is 4.11. The Balaban J connectivity index is 1.64. The molecule has 0 aliphatic carbocycles. The van der Waals surface area contributed by atoms with E-state index in [2.05, 4.69) is 15.5 Å². The summed E-state index contributed by atoms with van der Waals surface area (Å²) in [5.74, 6) is -2.86. The molecule has 3 unspecified atom stereocenters. The highest BCUT2D eigenvalue weighted by Gasteiger charge is 2.53. The van der Waals surface area contributed by atoms with Gasteiger partial charge in [0.1, 0.15) is 5.71 Å². The number of carbonyl (C=O) groups excluding carboxylic acids is 1. The van der Waals surface area contributed by atoms with Gasteiger partial charge in [-0.2, -0.15) is 13.2 Å². The molecule has 0 radical (unpaired) electrons. The number of nitrogens with zero attached hydrogens (tertiary/aromatic N) is 1. The number of aliphatic hydroxyl groups is 1. The van der Waals surface area contributed by atoms with Crippen molar-refractivity contribution in [3.8, 4) is 0 Å². The minimum Gasteiger partial charge on any atom is -0.362 e. The van der Waals surface area contributed by atoms with Gasteiger partial charge in [0.25, 0.3) is 5.91 Å². The Kier molecular flexibility index (Phi) is 5.27. The molecule has 1 aromatic heterocycles. The van der Waals surface area contributed by atoms with Crippen LogP contribution < -0.4 is 5.48 Å². The maximum absolute atomic E-state index is 13.0. The Hall–Kier alpha value is -1.69. The highest BCUT2D eigenvalue weighted by Crippen LogP contribution is 2.37. The van der Waals surface area contributed by atoms with Crippen molar-refractivity contribution >= 4 is 23.0 Å². The minimum atomic E-state index is -4.72. The molecule has 7 nitrogen and oxygen atoms in total. The van der Waals surface area contributed by atoms with Crippen molar-refractivity contribution in [1.29, 1.82) is 0 Å². The molecule has 1 aromatic rings. The molecule has 1 fully saturated rings. The number of nitrogens with one attached hydrogen (secondary N) is 1. The van der Waals surface area contributed by atoms with E-state index in [9.17, 15) is 23.1 Å². The molecule has 11 heteroatoms. The van der Waals surface area contributed by atoms with Crippen LogP contribution in [0.3, 0.4) is 0 Å². The summed E-state index contributed by atoms with van der Waals surface area (Å²) in [6, 6.07) is 2.66. The highest BCUT2D eigenvalue weighted by atomic mass is 32.1. The molecule has 2 N–H and O–H groups in total. The van der Waals surface area contributed by atoms with Gasteiger partial charge in [-0.25, -0.2) is 10.3 Å². The number of ether oxygens (including phenoxy) is 1.